The van der Waals surface area contributed by atoms with Crippen LogP contribution in [0.15, 0.2) is 24.3 Å². The smallest absolute Gasteiger partial charge is 0.161 e. The monoisotopic (exact) mass is 225 g/mol. The van der Waals surface area contributed by atoms with Crippen molar-refractivity contribution in [2.45, 2.75) is 19.4 Å². The van der Waals surface area contributed by atoms with Crippen LogP contribution in [-0.4, -0.2) is 31.0 Å². The van der Waals surface area contributed by atoms with Crippen LogP contribution in [0.4, 0.5) is 0 Å². The van der Waals surface area contributed by atoms with Gasteiger partial charge in [-0.1, -0.05) is 12.1 Å². The van der Waals surface area contributed by atoms with Gasteiger partial charge >= 0.3 is 0 Å². The third-order valence-electron chi connectivity index (χ3n) is 2.13. The summed E-state index contributed by atoms with van der Waals surface area (Å²) in [5.41, 5.74) is 5.30. The molecule has 4 nitrogen and oxygen atoms in total. The molecule has 0 aromatic heterocycles. The minimum atomic E-state index is -0.501. The summed E-state index contributed by atoms with van der Waals surface area (Å²) < 4.78 is 10.9. The van der Waals surface area contributed by atoms with Crippen molar-refractivity contribution < 1.29 is 14.6 Å². The lowest BCUT2D eigenvalue weighted by Gasteiger charge is -2.12. The zero-order valence-electron chi connectivity index (χ0n) is 9.56. The molecule has 16 heavy (non-hydrogen) atoms. The fourth-order valence-electron chi connectivity index (χ4n) is 1.27. The standard InChI is InChI=1S/C12H19NO3/c1-2-15-11-5-3-4-6-12(11)16-8-7-10(14)9-13/h3-6,10,14H,2,7-9,13H2,1H3. The predicted molar refractivity (Wildman–Crippen MR) is 62.8 cm³/mol. The molecule has 1 aromatic rings. The van der Waals surface area contributed by atoms with Gasteiger partial charge in [0.2, 0.25) is 0 Å². The first kappa shape index (κ1) is 12.8. The van der Waals surface area contributed by atoms with Crippen molar-refractivity contribution in [3.05, 3.63) is 24.3 Å². The molecule has 0 saturated carbocycles. The van der Waals surface area contributed by atoms with E-state index in [1.165, 1.54) is 0 Å². The lowest BCUT2D eigenvalue weighted by molar-refractivity contribution is 0.144. The first-order chi connectivity index (χ1) is 7.77. The Bertz CT molecular complexity index is 304. The summed E-state index contributed by atoms with van der Waals surface area (Å²) in [5.74, 6) is 1.43. The number of aliphatic hydroxyl groups excluding tert-OH is 1. The maximum Gasteiger partial charge on any atom is 0.161 e. The van der Waals surface area contributed by atoms with Gasteiger partial charge in [-0.2, -0.15) is 0 Å². The molecule has 0 aliphatic carbocycles. The SMILES string of the molecule is CCOc1ccccc1OCCC(O)CN. The first-order valence-electron chi connectivity index (χ1n) is 5.50. The average molecular weight is 225 g/mol. The number of para-hydroxylation sites is 2. The van der Waals surface area contributed by atoms with Gasteiger partial charge in [0.1, 0.15) is 0 Å². The highest BCUT2D eigenvalue weighted by molar-refractivity contribution is 5.39. The Morgan fingerprint density at radius 2 is 1.88 bits per heavy atom. The maximum absolute atomic E-state index is 9.27. The van der Waals surface area contributed by atoms with Crippen molar-refractivity contribution in [3.8, 4) is 11.5 Å². The van der Waals surface area contributed by atoms with Gasteiger partial charge in [0.15, 0.2) is 11.5 Å². The van der Waals surface area contributed by atoms with E-state index in [2.05, 4.69) is 0 Å². The van der Waals surface area contributed by atoms with E-state index in [4.69, 9.17) is 15.2 Å². The van der Waals surface area contributed by atoms with E-state index in [-0.39, 0.29) is 6.54 Å². The summed E-state index contributed by atoms with van der Waals surface area (Å²) in [7, 11) is 0. The number of hydrogen-bond acceptors (Lipinski definition) is 4. The number of aliphatic hydroxyl groups is 1. The Labute approximate surface area is 96.0 Å². The van der Waals surface area contributed by atoms with E-state index in [0.717, 1.165) is 5.75 Å². The summed E-state index contributed by atoms with van der Waals surface area (Å²) in [5, 5.41) is 9.27. The highest BCUT2D eigenvalue weighted by Gasteiger charge is 2.05. The Morgan fingerprint density at radius 3 is 2.44 bits per heavy atom. The summed E-state index contributed by atoms with van der Waals surface area (Å²) in [6.45, 7) is 3.22. The fraction of sp³-hybridized carbons (Fsp3) is 0.500. The Balaban J connectivity index is 2.46. The second-order valence-corrected chi connectivity index (χ2v) is 3.41. The molecule has 0 heterocycles. The molecule has 1 atom stereocenters. The lowest BCUT2D eigenvalue weighted by atomic mass is 10.2. The van der Waals surface area contributed by atoms with Crippen LogP contribution in [-0.2, 0) is 0 Å². The molecule has 3 N–H and O–H groups in total. The third-order valence-corrected chi connectivity index (χ3v) is 2.13. The van der Waals surface area contributed by atoms with E-state index in [1.807, 2.05) is 31.2 Å². The van der Waals surface area contributed by atoms with Crippen LogP contribution < -0.4 is 15.2 Å². The zero-order chi connectivity index (χ0) is 11.8. The molecular weight excluding hydrogens is 206 g/mol. The molecule has 1 rings (SSSR count). The van der Waals surface area contributed by atoms with Gasteiger partial charge in [0, 0.05) is 13.0 Å². The normalized spacial score (nSPS) is 12.2. The van der Waals surface area contributed by atoms with Gasteiger partial charge in [0.05, 0.1) is 19.3 Å². The maximum atomic E-state index is 9.27. The minimum Gasteiger partial charge on any atom is -0.490 e. The topological polar surface area (TPSA) is 64.7 Å². The van der Waals surface area contributed by atoms with Gasteiger partial charge in [-0.25, -0.2) is 0 Å². The summed E-state index contributed by atoms with van der Waals surface area (Å²) in [6, 6.07) is 7.49. The largest absolute Gasteiger partial charge is 0.490 e. The second kappa shape index (κ2) is 7.09. The van der Waals surface area contributed by atoms with E-state index < -0.39 is 6.10 Å². The molecule has 0 aliphatic heterocycles. The Kier molecular flexibility index (Phi) is 5.67. The van der Waals surface area contributed by atoms with Gasteiger partial charge in [-0.05, 0) is 19.1 Å². The van der Waals surface area contributed by atoms with Crippen LogP contribution in [0.2, 0.25) is 0 Å². The molecule has 0 saturated heterocycles. The zero-order valence-corrected chi connectivity index (χ0v) is 9.56. The molecule has 1 unspecified atom stereocenters. The van der Waals surface area contributed by atoms with Crippen molar-refractivity contribution in [2.75, 3.05) is 19.8 Å². The first-order valence-corrected chi connectivity index (χ1v) is 5.50. The van der Waals surface area contributed by atoms with Crippen LogP contribution >= 0.6 is 0 Å². The highest BCUT2D eigenvalue weighted by atomic mass is 16.5. The number of ether oxygens (including phenoxy) is 2. The van der Waals surface area contributed by atoms with Gasteiger partial charge in [0.25, 0.3) is 0 Å². The molecule has 1 aromatic carbocycles. The van der Waals surface area contributed by atoms with Crippen molar-refractivity contribution in [1.82, 2.24) is 0 Å². The highest BCUT2D eigenvalue weighted by Crippen LogP contribution is 2.26. The van der Waals surface area contributed by atoms with Crippen molar-refractivity contribution in [3.63, 3.8) is 0 Å². The average Bonchev–Trinajstić information content (AvgIpc) is 2.31. The van der Waals surface area contributed by atoms with E-state index in [9.17, 15) is 5.11 Å². The number of nitrogens with two attached hydrogens (primary N) is 1. The van der Waals surface area contributed by atoms with E-state index >= 15 is 0 Å². The van der Waals surface area contributed by atoms with E-state index in [0.29, 0.717) is 25.4 Å². The van der Waals surface area contributed by atoms with Gasteiger partial charge < -0.3 is 20.3 Å². The molecule has 0 bridgehead atoms. The number of benzene rings is 1. The molecule has 0 spiro atoms. The number of hydrogen-bond donors (Lipinski definition) is 2. The van der Waals surface area contributed by atoms with Gasteiger partial charge in [-0.3, -0.25) is 0 Å². The molecular formula is C12H19NO3. The Morgan fingerprint density at radius 1 is 1.25 bits per heavy atom. The molecule has 0 fully saturated rings. The third kappa shape index (κ3) is 4.08. The molecule has 0 aliphatic rings. The lowest BCUT2D eigenvalue weighted by Crippen LogP contribution is -2.22. The molecule has 0 radical (unpaired) electrons. The quantitative estimate of drug-likeness (QED) is 0.731. The van der Waals surface area contributed by atoms with Crippen LogP contribution in [0.1, 0.15) is 13.3 Å². The second-order valence-electron chi connectivity index (χ2n) is 3.41. The Hall–Kier alpha value is -1.26. The van der Waals surface area contributed by atoms with Crippen molar-refractivity contribution in [1.29, 1.82) is 0 Å². The molecule has 4 heteroatoms. The predicted octanol–water partition coefficient (Wildman–Crippen LogP) is 1.17. The minimum absolute atomic E-state index is 0.260. The fourth-order valence-corrected chi connectivity index (χ4v) is 1.27. The van der Waals surface area contributed by atoms with Crippen LogP contribution in [0.5, 0.6) is 11.5 Å². The van der Waals surface area contributed by atoms with E-state index in [1.54, 1.807) is 0 Å². The molecule has 90 valence electrons. The van der Waals surface area contributed by atoms with Gasteiger partial charge in [-0.15, -0.1) is 0 Å². The van der Waals surface area contributed by atoms with Crippen molar-refractivity contribution >= 4 is 0 Å². The van der Waals surface area contributed by atoms with Crippen LogP contribution in [0.25, 0.3) is 0 Å². The summed E-state index contributed by atoms with van der Waals surface area (Å²) >= 11 is 0. The number of rotatable bonds is 7. The van der Waals surface area contributed by atoms with Crippen LogP contribution in [0, 0.1) is 0 Å². The molecule has 0 amide bonds. The summed E-state index contributed by atoms with van der Waals surface area (Å²) in [4.78, 5) is 0. The van der Waals surface area contributed by atoms with Crippen molar-refractivity contribution in [2.24, 2.45) is 5.73 Å². The van der Waals surface area contributed by atoms with Crippen LogP contribution in [0.3, 0.4) is 0 Å². The summed E-state index contributed by atoms with van der Waals surface area (Å²) in [6.07, 6.45) is 0.0241.